The number of ketones is 1. The van der Waals surface area contributed by atoms with E-state index in [0.717, 1.165) is 22.4 Å². The van der Waals surface area contributed by atoms with Crippen molar-refractivity contribution in [3.8, 4) is 17.0 Å². The van der Waals surface area contributed by atoms with Crippen LogP contribution >= 0.6 is 27.3 Å². The molecule has 7 heteroatoms. The fourth-order valence-corrected chi connectivity index (χ4v) is 4.43. The quantitative estimate of drug-likeness (QED) is 0.369. The highest BCUT2D eigenvalue weighted by molar-refractivity contribution is 9.10. The molecule has 4 aromatic rings. The number of nitrogens with two attached hydrogens (primary N) is 1. The first-order valence-corrected chi connectivity index (χ1v) is 10.4. The van der Waals surface area contributed by atoms with E-state index in [0.29, 0.717) is 25.4 Å². The molecule has 2 heterocycles. The summed E-state index contributed by atoms with van der Waals surface area (Å²) < 4.78 is 20.0. The number of hydrogen-bond acceptors (Lipinski definition) is 5. The molecule has 2 aromatic carbocycles. The highest BCUT2D eigenvalue weighted by Crippen LogP contribution is 2.35. The number of aromatic nitrogens is 1. The van der Waals surface area contributed by atoms with Crippen molar-refractivity contribution in [3.63, 3.8) is 0 Å². The highest BCUT2D eigenvalue weighted by atomic mass is 79.9. The van der Waals surface area contributed by atoms with Crippen LogP contribution in [0.5, 0.6) is 5.75 Å². The molecule has 4 rings (SSSR count). The summed E-state index contributed by atoms with van der Waals surface area (Å²) in [5.74, 6) is 0.0861. The van der Waals surface area contributed by atoms with Gasteiger partial charge in [-0.1, -0.05) is 34.1 Å². The molecule has 0 radical (unpaired) electrons. The molecule has 0 saturated heterocycles. The van der Waals surface area contributed by atoms with Crippen molar-refractivity contribution in [1.82, 2.24) is 4.98 Å². The number of ether oxygens (including phenoxy) is 1. The van der Waals surface area contributed by atoms with Gasteiger partial charge < -0.3 is 10.5 Å². The van der Waals surface area contributed by atoms with E-state index in [2.05, 4.69) is 20.9 Å². The Labute approximate surface area is 179 Å². The number of methoxy groups -OCH3 is 1. The highest BCUT2D eigenvalue weighted by Gasteiger charge is 2.19. The summed E-state index contributed by atoms with van der Waals surface area (Å²) in [4.78, 5) is 18.5. The number of benzene rings is 2. The van der Waals surface area contributed by atoms with E-state index in [1.54, 1.807) is 19.2 Å². The van der Waals surface area contributed by atoms with Gasteiger partial charge in [0.25, 0.3) is 0 Å². The standard InChI is InChI=1S/C22H16BrFN2O2S/c1-28-15-4-2-3-13(9-15)18-8-7-16-20(25)21(29-22(16)26-18)19(27)10-12-5-6-14(23)11-17(12)24/h2-9,11H,10,25H2,1H3. The van der Waals surface area contributed by atoms with Crippen LogP contribution in [-0.4, -0.2) is 17.9 Å². The zero-order chi connectivity index (χ0) is 20.5. The van der Waals surface area contributed by atoms with Crippen LogP contribution < -0.4 is 10.5 Å². The van der Waals surface area contributed by atoms with Crippen LogP contribution in [0.25, 0.3) is 21.5 Å². The third-order valence-corrected chi connectivity index (χ3v) is 6.23. The van der Waals surface area contributed by atoms with Gasteiger partial charge in [0.2, 0.25) is 0 Å². The molecule has 4 nitrogen and oxygen atoms in total. The van der Waals surface area contributed by atoms with Crippen molar-refractivity contribution in [2.75, 3.05) is 12.8 Å². The van der Waals surface area contributed by atoms with Crippen molar-refractivity contribution < 1.29 is 13.9 Å². The molecular weight excluding hydrogens is 455 g/mol. The van der Waals surface area contributed by atoms with Crippen LogP contribution in [0.15, 0.2) is 59.1 Å². The topological polar surface area (TPSA) is 65.2 Å². The molecule has 0 atom stereocenters. The predicted octanol–water partition coefficient (Wildman–Crippen LogP) is 5.88. The molecular formula is C22H16BrFN2O2S. The Kier molecular flexibility index (Phi) is 5.34. The Bertz CT molecular complexity index is 1240. The fraction of sp³-hybridized carbons (Fsp3) is 0.0909. The summed E-state index contributed by atoms with van der Waals surface area (Å²) in [6.07, 6.45) is -0.0567. The second kappa shape index (κ2) is 7.93. The largest absolute Gasteiger partial charge is 0.497 e. The summed E-state index contributed by atoms with van der Waals surface area (Å²) in [5, 5.41) is 0.723. The number of nitrogens with zero attached hydrogens (tertiary/aromatic N) is 1. The van der Waals surface area contributed by atoms with Crippen LogP contribution in [-0.2, 0) is 6.42 Å². The number of Topliss-reactive ketones (excluding diaryl/α,β-unsaturated/α-hetero) is 1. The Balaban J connectivity index is 1.68. The van der Waals surface area contributed by atoms with Gasteiger partial charge in [-0.05, 0) is 42.0 Å². The lowest BCUT2D eigenvalue weighted by Gasteiger charge is -2.04. The predicted molar refractivity (Wildman–Crippen MR) is 118 cm³/mol. The number of fused-ring (bicyclic) bond motifs is 1. The van der Waals surface area contributed by atoms with Gasteiger partial charge in [-0.3, -0.25) is 4.79 Å². The van der Waals surface area contributed by atoms with Gasteiger partial charge in [0.1, 0.15) is 16.4 Å². The molecule has 0 spiro atoms. The van der Waals surface area contributed by atoms with E-state index < -0.39 is 5.82 Å². The first-order chi connectivity index (χ1) is 14.0. The van der Waals surface area contributed by atoms with Crippen LogP contribution in [0.3, 0.4) is 0 Å². The average Bonchev–Trinajstić information content (AvgIpc) is 3.06. The van der Waals surface area contributed by atoms with Crippen molar-refractivity contribution in [3.05, 3.63) is 75.3 Å². The summed E-state index contributed by atoms with van der Waals surface area (Å²) in [5.41, 5.74) is 8.60. The van der Waals surface area contributed by atoms with Crippen LogP contribution in [0.2, 0.25) is 0 Å². The van der Waals surface area contributed by atoms with Crippen molar-refractivity contribution in [2.45, 2.75) is 6.42 Å². The summed E-state index contributed by atoms with van der Waals surface area (Å²) >= 11 is 4.45. The van der Waals surface area contributed by atoms with Crippen LogP contribution in [0.1, 0.15) is 15.2 Å². The monoisotopic (exact) mass is 470 g/mol. The molecule has 0 aliphatic carbocycles. The molecule has 0 saturated carbocycles. The molecule has 2 N–H and O–H groups in total. The number of pyridine rings is 1. The number of thiophene rings is 1. The minimum atomic E-state index is -0.425. The Hall–Kier alpha value is -2.77. The van der Waals surface area contributed by atoms with Crippen LogP contribution in [0.4, 0.5) is 10.1 Å². The lowest BCUT2D eigenvalue weighted by atomic mass is 10.1. The summed E-state index contributed by atoms with van der Waals surface area (Å²) in [6, 6.07) is 16.0. The van der Waals surface area contributed by atoms with Gasteiger partial charge in [-0.25, -0.2) is 9.37 Å². The molecule has 0 amide bonds. The minimum Gasteiger partial charge on any atom is -0.497 e. The SMILES string of the molecule is COc1cccc(-c2ccc3c(N)c(C(=O)Cc4ccc(Br)cc4F)sc3n2)c1. The third kappa shape index (κ3) is 3.88. The average molecular weight is 471 g/mol. The normalized spacial score (nSPS) is 11.0. The number of hydrogen-bond donors (Lipinski definition) is 1. The van der Waals surface area contributed by atoms with E-state index in [1.807, 2.05) is 36.4 Å². The zero-order valence-corrected chi connectivity index (χ0v) is 17.8. The molecule has 146 valence electrons. The molecule has 0 unspecified atom stereocenters. The lowest BCUT2D eigenvalue weighted by Crippen LogP contribution is -2.05. The smallest absolute Gasteiger partial charge is 0.179 e. The van der Waals surface area contributed by atoms with Gasteiger partial charge >= 0.3 is 0 Å². The Morgan fingerprint density at radius 1 is 1.21 bits per heavy atom. The zero-order valence-electron chi connectivity index (χ0n) is 15.4. The van der Waals surface area contributed by atoms with E-state index in [-0.39, 0.29) is 12.2 Å². The van der Waals surface area contributed by atoms with E-state index >= 15 is 0 Å². The van der Waals surface area contributed by atoms with E-state index in [4.69, 9.17) is 10.5 Å². The minimum absolute atomic E-state index is 0.0567. The van der Waals surface area contributed by atoms with Crippen LogP contribution in [0, 0.1) is 5.82 Å². The maximum absolute atomic E-state index is 14.1. The lowest BCUT2D eigenvalue weighted by molar-refractivity contribution is 0.0996. The third-order valence-electron chi connectivity index (χ3n) is 4.58. The number of halogens is 2. The van der Waals surface area contributed by atoms with Gasteiger partial charge in [-0.15, -0.1) is 11.3 Å². The van der Waals surface area contributed by atoms with Gasteiger partial charge in [0.05, 0.1) is 23.4 Å². The first kappa shape index (κ1) is 19.5. The van der Waals surface area contributed by atoms with Gasteiger partial charge in [0.15, 0.2) is 5.78 Å². The van der Waals surface area contributed by atoms with Crippen molar-refractivity contribution >= 4 is 49.0 Å². The molecule has 0 aliphatic heterocycles. The fourth-order valence-electron chi connectivity index (χ4n) is 3.07. The second-order valence-corrected chi connectivity index (χ2v) is 8.38. The number of nitrogen functional groups attached to an aromatic ring is 1. The second-order valence-electron chi connectivity index (χ2n) is 6.46. The van der Waals surface area contributed by atoms with E-state index in [1.165, 1.54) is 17.4 Å². The maximum Gasteiger partial charge on any atom is 0.179 e. The number of anilines is 1. The number of rotatable bonds is 5. The first-order valence-electron chi connectivity index (χ1n) is 8.77. The number of carbonyl (C=O) groups is 1. The molecule has 0 aliphatic rings. The van der Waals surface area contributed by atoms with Crippen molar-refractivity contribution in [2.24, 2.45) is 0 Å². The summed E-state index contributed by atoms with van der Waals surface area (Å²) in [7, 11) is 1.61. The molecule has 0 bridgehead atoms. The Morgan fingerprint density at radius 2 is 2.03 bits per heavy atom. The Morgan fingerprint density at radius 3 is 2.79 bits per heavy atom. The van der Waals surface area contributed by atoms with Gasteiger partial charge in [0, 0.05) is 21.8 Å². The molecule has 2 aromatic heterocycles. The number of carbonyl (C=O) groups excluding carboxylic acids is 1. The maximum atomic E-state index is 14.1. The van der Waals surface area contributed by atoms with E-state index in [9.17, 15) is 9.18 Å². The van der Waals surface area contributed by atoms with Crippen molar-refractivity contribution in [1.29, 1.82) is 0 Å². The molecule has 29 heavy (non-hydrogen) atoms. The summed E-state index contributed by atoms with van der Waals surface area (Å²) in [6.45, 7) is 0. The molecule has 0 fully saturated rings. The van der Waals surface area contributed by atoms with Gasteiger partial charge in [-0.2, -0.15) is 0 Å².